The standard InChI is InChI=1S/C30H30N2O4/c1-31-30(34)27(19-22-10-4-3-5-11-22)32(20-23-12-8-15-25(18-23)35-2)29(33)21-36-28-17-9-14-24-13-6-7-16-26(24)28/h3-18,27H,19-21H2,1-2H3,(H,31,34). The molecular formula is C30H30N2O4. The summed E-state index contributed by atoms with van der Waals surface area (Å²) in [4.78, 5) is 28.3. The fraction of sp³-hybridized carbons (Fsp3) is 0.200. The second kappa shape index (κ2) is 11.9. The smallest absolute Gasteiger partial charge is 0.261 e. The summed E-state index contributed by atoms with van der Waals surface area (Å²) in [6, 6.07) is 30.1. The number of rotatable bonds is 10. The Labute approximate surface area is 211 Å². The van der Waals surface area contributed by atoms with Crippen LogP contribution >= 0.6 is 0 Å². The first-order valence-corrected chi connectivity index (χ1v) is 11.9. The molecular weight excluding hydrogens is 452 g/mol. The van der Waals surface area contributed by atoms with Crippen LogP contribution < -0.4 is 14.8 Å². The van der Waals surface area contributed by atoms with E-state index >= 15 is 0 Å². The maximum Gasteiger partial charge on any atom is 0.261 e. The highest BCUT2D eigenvalue weighted by Gasteiger charge is 2.30. The van der Waals surface area contributed by atoms with Crippen LogP contribution in [0.1, 0.15) is 11.1 Å². The van der Waals surface area contributed by atoms with Gasteiger partial charge in [0, 0.05) is 25.4 Å². The van der Waals surface area contributed by atoms with E-state index in [1.807, 2.05) is 97.1 Å². The quantitative estimate of drug-likeness (QED) is 0.358. The van der Waals surface area contributed by atoms with Crippen LogP contribution in [-0.4, -0.2) is 43.5 Å². The van der Waals surface area contributed by atoms with Gasteiger partial charge in [-0.2, -0.15) is 0 Å². The highest BCUT2D eigenvalue weighted by Crippen LogP contribution is 2.25. The lowest BCUT2D eigenvalue weighted by Crippen LogP contribution is -2.51. The molecule has 36 heavy (non-hydrogen) atoms. The first-order valence-electron chi connectivity index (χ1n) is 11.9. The number of hydrogen-bond acceptors (Lipinski definition) is 4. The molecule has 1 N–H and O–H groups in total. The van der Waals surface area contributed by atoms with E-state index in [2.05, 4.69) is 5.32 Å². The molecule has 0 bridgehead atoms. The van der Waals surface area contributed by atoms with Crippen molar-refractivity contribution < 1.29 is 19.1 Å². The summed E-state index contributed by atoms with van der Waals surface area (Å²) in [6.07, 6.45) is 0.379. The molecule has 0 aliphatic heterocycles. The van der Waals surface area contributed by atoms with Gasteiger partial charge in [0.1, 0.15) is 17.5 Å². The van der Waals surface area contributed by atoms with Gasteiger partial charge >= 0.3 is 0 Å². The number of methoxy groups -OCH3 is 1. The Morgan fingerprint density at radius 1 is 0.861 bits per heavy atom. The molecule has 0 aliphatic carbocycles. The number of nitrogens with one attached hydrogen (secondary N) is 1. The van der Waals surface area contributed by atoms with Gasteiger partial charge in [-0.3, -0.25) is 9.59 Å². The van der Waals surface area contributed by atoms with Crippen LogP contribution in [-0.2, 0) is 22.6 Å². The Balaban J connectivity index is 1.63. The van der Waals surface area contributed by atoms with E-state index in [1.165, 1.54) is 0 Å². The molecule has 2 amide bonds. The van der Waals surface area contributed by atoms with Gasteiger partial charge in [0.25, 0.3) is 5.91 Å². The Morgan fingerprint density at radius 2 is 1.56 bits per heavy atom. The Morgan fingerprint density at radius 3 is 2.33 bits per heavy atom. The Hall–Kier alpha value is -4.32. The van der Waals surface area contributed by atoms with E-state index in [1.54, 1.807) is 19.1 Å². The van der Waals surface area contributed by atoms with E-state index < -0.39 is 6.04 Å². The average molecular weight is 483 g/mol. The molecule has 0 saturated carbocycles. The number of nitrogens with zero attached hydrogens (tertiary/aromatic N) is 1. The third-order valence-corrected chi connectivity index (χ3v) is 6.11. The molecule has 184 valence electrons. The first kappa shape index (κ1) is 24.8. The lowest BCUT2D eigenvalue weighted by molar-refractivity contribution is -0.142. The number of carbonyl (C=O) groups excluding carboxylic acids is 2. The zero-order valence-corrected chi connectivity index (χ0v) is 20.5. The monoisotopic (exact) mass is 482 g/mol. The highest BCUT2D eigenvalue weighted by molar-refractivity contribution is 5.90. The number of carbonyl (C=O) groups is 2. The van der Waals surface area contributed by atoms with Gasteiger partial charge in [-0.25, -0.2) is 0 Å². The van der Waals surface area contributed by atoms with Crippen LogP contribution in [0.25, 0.3) is 10.8 Å². The third-order valence-electron chi connectivity index (χ3n) is 6.11. The van der Waals surface area contributed by atoms with Gasteiger partial charge < -0.3 is 19.7 Å². The number of ether oxygens (including phenoxy) is 2. The molecule has 0 aliphatic rings. The van der Waals surface area contributed by atoms with E-state index in [4.69, 9.17) is 9.47 Å². The molecule has 4 rings (SSSR count). The fourth-order valence-electron chi connectivity index (χ4n) is 4.23. The van der Waals surface area contributed by atoms with E-state index in [0.29, 0.717) is 17.9 Å². The van der Waals surface area contributed by atoms with Gasteiger partial charge in [-0.05, 0) is 34.7 Å². The number of hydrogen-bond donors (Lipinski definition) is 1. The maximum absolute atomic E-state index is 13.7. The van der Waals surface area contributed by atoms with Crippen molar-refractivity contribution in [3.63, 3.8) is 0 Å². The minimum Gasteiger partial charge on any atom is -0.497 e. The van der Waals surface area contributed by atoms with Gasteiger partial charge in [-0.15, -0.1) is 0 Å². The van der Waals surface area contributed by atoms with Crippen LogP contribution in [0.4, 0.5) is 0 Å². The number of amides is 2. The summed E-state index contributed by atoms with van der Waals surface area (Å²) >= 11 is 0. The number of fused-ring (bicyclic) bond motifs is 1. The van der Waals surface area contributed by atoms with Gasteiger partial charge in [0.05, 0.1) is 7.11 Å². The van der Waals surface area contributed by atoms with Crippen molar-refractivity contribution in [2.45, 2.75) is 19.0 Å². The minimum atomic E-state index is -0.716. The summed E-state index contributed by atoms with van der Waals surface area (Å²) in [5.41, 5.74) is 1.82. The largest absolute Gasteiger partial charge is 0.497 e. The number of likely N-dealkylation sites (N-methyl/N-ethyl adjacent to an activating group) is 1. The second-order valence-corrected chi connectivity index (χ2v) is 8.46. The van der Waals surface area contributed by atoms with Crippen LogP contribution in [0.15, 0.2) is 97.1 Å². The lowest BCUT2D eigenvalue weighted by Gasteiger charge is -2.31. The molecule has 0 heterocycles. The average Bonchev–Trinajstić information content (AvgIpc) is 2.93. The first-order chi connectivity index (χ1) is 17.6. The lowest BCUT2D eigenvalue weighted by atomic mass is 10.0. The van der Waals surface area contributed by atoms with Gasteiger partial charge in [0.15, 0.2) is 6.61 Å². The van der Waals surface area contributed by atoms with E-state index in [0.717, 1.165) is 21.9 Å². The maximum atomic E-state index is 13.7. The second-order valence-electron chi connectivity index (χ2n) is 8.46. The van der Waals surface area contributed by atoms with Crippen LogP contribution in [0.2, 0.25) is 0 Å². The highest BCUT2D eigenvalue weighted by atomic mass is 16.5. The van der Waals surface area contributed by atoms with Gasteiger partial charge in [-0.1, -0.05) is 78.9 Å². The zero-order valence-electron chi connectivity index (χ0n) is 20.5. The molecule has 0 aromatic heterocycles. The van der Waals surface area contributed by atoms with Gasteiger partial charge in [0.2, 0.25) is 5.91 Å². The molecule has 4 aromatic carbocycles. The number of benzene rings is 4. The van der Waals surface area contributed by atoms with Crippen molar-refractivity contribution in [2.75, 3.05) is 20.8 Å². The minimum absolute atomic E-state index is 0.194. The molecule has 1 atom stereocenters. The van der Waals surface area contributed by atoms with Crippen LogP contribution in [0.3, 0.4) is 0 Å². The predicted octanol–water partition coefficient (Wildman–Crippen LogP) is 4.61. The summed E-state index contributed by atoms with van der Waals surface area (Å²) in [5, 5.41) is 4.69. The van der Waals surface area contributed by atoms with Crippen molar-refractivity contribution in [2.24, 2.45) is 0 Å². The summed E-state index contributed by atoms with van der Waals surface area (Å²) in [6.45, 7) is 0.0418. The fourth-order valence-corrected chi connectivity index (χ4v) is 4.23. The topological polar surface area (TPSA) is 67.9 Å². The molecule has 1 unspecified atom stereocenters. The normalized spacial score (nSPS) is 11.5. The Bertz CT molecular complexity index is 1320. The molecule has 0 saturated heterocycles. The van der Waals surface area contributed by atoms with Crippen molar-refractivity contribution >= 4 is 22.6 Å². The van der Waals surface area contributed by atoms with Crippen molar-refractivity contribution in [1.82, 2.24) is 10.2 Å². The summed E-state index contributed by atoms with van der Waals surface area (Å²) < 4.78 is 11.4. The molecule has 0 radical (unpaired) electrons. The molecule has 0 fully saturated rings. The molecule has 0 spiro atoms. The van der Waals surface area contributed by atoms with Crippen molar-refractivity contribution in [3.8, 4) is 11.5 Å². The zero-order chi connectivity index (χ0) is 25.3. The van der Waals surface area contributed by atoms with Crippen molar-refractivity contribution in [3.05, 3.63) is 108 Å². The third kappa shape index (κ3) is 6.02. The molecule has 6 heteroatoms. The van der Waals surface area contributed by atoms with Crippen molar-refractivity contribution in [1.29, 1.82) is 0 Å². The predicted molar refractivity (Wildman–Crippen MR) is 141 cm³/mol. The SMILES string of the molecule is CNC(=O)C(Cc1ccccc1)N(Cc1cccc(OC)c1)C(=O)COc1cccc2ccccc12. The Kier molecular flexibility index (Phi) is 8.19. The summed E-state index contributed by atoms with van der Waals surface area (Å²) in [7, 11) is 3.18. The van der Waals surface area contributed by atoms with E-state index in [9.17, 15) is 9.59 Å². The van der Waals surface area contributed by atoms with E-state index in [-0.39, 0.29) is 25.0 Å². The molecule has 6 nitrogen and oxygen atoms in total. The summed E-state index contributed by atoms with van der Waals surface area (Å²) in [5.74, 6) is 0.796. The van der Waals surface area contributed by atoms with Crippen LogP contribution in [0.5, 0.6) is 11.5 Å². The molecule has 4 aromatic rings. The van der Waals surface area contributed by atoms with Crippen LogP contribution in [0, 0.1) is 0 Å².